The lowest BCUT2D eigenvalue weighted by atomic mass is 9.99. The van der Waals surface area contributed by atoms with Gasteiger partial charge in [0.1, 0.15) is 11.6 Å². The summed E-state index contributed by atoms with van der Waals surface area (Å²) in [4.78, 5) is 13.2. The lowest BCUT2D eigenvalue weighted by molar-refractivity contribution is 0.288. The number of ether oxygens (including phenoxy) is 1. The van der Waals surface area contributed by atoms with Crippen molar-refractivity contribution in [1.29, 1.82) is 0 Å². The van der Waals surface area contributed by atoms with Crippen molar-refractivity contribution in [1.82, 2.24) is 19.4 Å². The van der Waals surface area contributed by atoms with Crippen LogP contribution in [0.5, 0.6) is 5.75 Å². The summed E-state index contributed by atoms with van der Waals surface area (Å²) in [6.45, 7) is 0.785. The minimum atomic E-state index is 0.470. The van der Waals surface area contributed by atoms with Crippen molar-refractivity contribution < 1.29 is 4.74 Å². The molecule has 0 saturated carbocycles. The third-order valence-corrected chi connectivity index (χ3v) is 4.64. The summed E-state index contributed by atoms with van der Waals surface area (Å²) in [5, 5.41) is 0. The predicted octanol–water partition coefficient (Wildman–Crippen LogP) is 3.37. The van der Waals surface area contributed by atoms with Crippen LogP contribution in [0.4, 0.5) is 5.82 Å². The molecule has 2 N–H and O–H groups in total. The molecule has 0 saturated heterocycles. The zero-order chi connectivity index (χ0) is 17.5. The maximum absolute atomic E-state index is 5.89. The Morgan fingerprint density at radius 2 is 2.00 bits per heavy atom. The van der Waals surface area contributed by atoms with E-state index >= 15 is 0 Å². The number of rotatable bonds is 2. The Hall–Kier alpha value is -3.41. The predicted molar refractivity (Wildman–Crippen MR) is 99.9 cm³/mol. The van der Waals surface area contributed by atoms with E-state index in [2.05, 4.69) is 22.1 Å². The van der Waals surface area contributed by atoms with Gasteiger partial charge in [-0.2, -0.15) is 0 Å². The number of anilines is 1. The molecule has 1 aromatic carbocycles. The number of nitrogens with two attached hydrogens (primary N) is 1. The number of imidazole rings is 1. The number of fused-ring (bicyclic) bond motifs is 2. The van der Waals surface area contributed by atoms with Crippen LogP contribution in [0, 0.1) is 0 Å². The Balaban J connectivity index is 1.77. The minimum Gasteiger partial charge on any atom is -0.493 e. The molecule has 4 aromatic rings. The summed E-state index contributed by atoms with van der Waals surface area (Å²) in [6.07, 6.45) is 7.49. The van der Waals surface area contributed by atoms with Crippen LogP contribution >= 0.6 is 0 Å². The highest BCUT2D eigenvalue weighted by atomic mass is 16.5. The highest BCUT2D eigenvalue weighted by Crippen LogP contribution is 2.36. The lowest BCUT2D eigenvalue weighted by Crippen LogP contribution is -2.08. The molecule has 1 aliphatic heterocycles. The summed E-state index contributed by atoms with van der Waals surface area (Å²) < 4.78 is 7.77. The van der Waals surface area contributed by atoms with Crippen LogP contribution in [0.1, 0.15) is 12.0 Å². The van der Waals surface area contributed by atoms with Crippen LogP contribution in [0.3, 0.4) is 0 Å². The fraction of sp³-hybridized carbons (Fsp3) is 0.150. The molecule has 0 radical (unpaired) electrons. The molecule has 3 aromatic heterocycles. The van der Waals surface area contributed by atoms with Gasteiger partial charge in [0, 0.05) is 29.7 Å². The molecule has 0 unspecified atom stereocenters. The molecule has 128 valence electrons. The smallest absolute Gasteiger partial charge is 0.234 e. The number of nitrogen functional groups attached to an aromatic ring is 1. The number of benzene rings is 1. The quantitative estimate of drug-likeness (QED) is 0.604. The molecule has 0 amide bonds. The van der Waals surface area contributed by atoms with Gasteiger partial charge in [-0.25, -0.2) is 15.0 Å². The molecule has 6 nitrogen and oxygen atoms in total. The average Bonchev–Trinajstić information content (AvgIpc) is 3.07. The Labute approximate surface area is 150 Å². The molecule has 5 rings (SSSR count). The third-order valence-electron chi connectivity index (χ3n) is 4.64. The van der Waals surface area contributed by atoms with Gasteiger partial charge in [0.25, 0.3) is 0 Å². The van der Waals surface area contributed by atoms with Crippen molar-refractivity contribution in [2.24, 2.45) is 0 Å². The largest absolute Gasteiger partial charge is 0.493 e. The highest BCUT2D eigenvalue weighted by molar-refractivity contribution is 5.82. The van der Waals surface area contributed by atoms with E-state index in [0.29, 0.717) is 11.6 Å². The fourth-order valence-electron chi connectivity index (χ4n) is 3.47. The first-order valence-electron chi connectivity index (χ1n) is 8.61. The maximum Gasteiger partial charge on any atom is 0.234 e. The number of nitrogens with zero attached hydrogens (tertiary/aromatic N) is 4. The molecule has 26 heavy (non-hydrogen) atoms. The van der Waals surface area contributed by atoms with E-state index in [0.717, 1.165) is 47.7 Å². The minimum absolute atomic E-state index is 0.470. The van der Waals surface area contributed by atoms with Crippen LogP contribution in [-0.4, -0.2) is 26.0 Å². The highest BCUT2D eigenvalue weighted by Gasteiger charge is 2.19. The van der Waals surface area contributed by atoms with Gasteiger partial charge in [0.05, 0.1) is 18.0 Å². The van der Waals surface area contributed by atoms with Crippen molar-refractivity contribution in [2.45, 2.75) is 12.8 Å². The van der Waals surface area contributed by atoms with Crippen molar-refractivity contribution >= 4 is 11.6 Å². The average molecular weight is 343 g/mol. The second kappa shape index (κ2) is 5.84. The standard InChI is InChI=1S/C20H17N5O/c21-17-12-14(6-8-22-17)18-19(25-9-2-7-23-20(25)24-18)15-4-5-16-13(11-15)3-1-10-26-16/h2,4-9,11-12H,1,3,10H2,(H2,21,22). The zero-order valence-corrected chi connectivity index (χ0v) is 14.1. The molecule has 1 aliphatic rings. The number of hydrogen-bond acceptors (Lipinski definition) is 5. The van der Waals surface area contributed by atoms with E-state index in [1.165, 1.54) is 5.56 Å². The van der Waals surface area contributed by atoms with Gasteiger partial charge in [-0.3, -0.25) is 4.40 Å². The Morgan fingerprint density at radius 1 is 1.04 bits per heavy atom. The molecular weight excluding hydrogens is 326 g/mol. The second-order valence-corrected chi connectivity index (χ2v) is 6.34. The Morgan fingerprint density at radius 3 is 2.92 bits per heavy atom. The van der Waals surface area contributed by atoms with Crippen molar-refractivity contribution in [3.63, 3.8) is 0 Å². The fourth-order valence-corrected chi connectivity index (χ4v) is 3.47. The van der Waals surface area contributed by atoms with Gasteiger partial charge in [-0.05, 0) is 54.8 Å². The second-order valence-electron chi connectivity index (χ2n) is 6.34. The van der Waals surface area contributed by atoms with E-state index in [1.54, 1.807) is 12.4 Å². The number of pyridine rings is 1. The summed E-state index contributed by atoms with van der Waals surface area (Å²) in [7, 11) is 0. The van der Waals surface area contributed by atoms with E-state index in [1.807, 2.05) is 34.9 Å². The molecule has 0 fully saturated rings. The van der Waals surface area contributed by atoms with Gasteiger partial charge >= 0.3 is 0 Å². The third kappa shape index (κ3) is 2.38. The SMILES string of the molecule is Nc1cc(-c2nc3ncccn3c2-c2ccc3c(c2)CCCO3)ccn1. The van der Waals surface area contributed by atoms with Gasteiger partial charge in [-0.1, -0.05) is 0 Å². The van der Waals surface area contributed by atoms with Gasteiger partial charge < -0.3 is 10.5 Å². The van der Waals surface area contributed by atoms with Crippen LogP contribution in [-0.2, 0) is 6.42 Å². The van der Waals surface area contributed by atoms with E-state index in [9.17, 15) is 0 Å². The molecular formula is C20H17N5O. The van der Waals surface area contributed by atoms with Crippen LogP contribution in [0.2, 0.25) is 0 Å². The monoisotopic (exact) mass is 343 g/mol. The zero-order valence-electron chi connectivity index (χ0n) is 14.1. The topological polar surface area (TPSA) is 78.3 Å². The summed E-state index contributed by atoms with van der Waals surface area (Å²) in [5.41, 5.74) is 11.0. The molecule has 0 spiro atoms. The number of aryl methyl sites for hydroxylation is 1. The first-order chi connectivity index (χ1) is 12.8. The van der Waals surface area contributed by atoms with Crippen molar-refractivity contribution in [3.8, 4) is 28.3 Å². The first kappa shape index (κ1) is 14.9. The Bertz CT molecular complexity index is 1120. The number of hydrogen-bond donors (Lipinski definition) is 1. The van der Waals surface area contributed by atoms with Gasteiger partial charge in [0.15, 0.2) is 0 Å². The van der Waals surface area contributed by atoms with Crippen molar-refractivity contribution in [3.05, 3.63) is 60.6 Å². The van der Waals surface area contributed by atoms with Gasteiger partial charge in [-0.15, -0.1) is 0 Å². The van der Waals surface area contributed by atoms with Crippen molar-refractivity contribution in [2.75, 3.05) is 12.3 Å². The van der Waals surface area contributed by atoms with E-state index in [-0.39, 0.29) is 0 Å². The molecule has 4 heterocycles. The van der Waals surface area contributed by atoms with Crippen LogP contribution in [0.25, 0.3) is 28.3 Å². The number of aromatic nitrogens is 4. The summed E-state index contributed by atoms with van der Waals surface area (Å²) >= 11 is 0. The van der Waals surface area contributed by atoms with Crippen LogP contribution in [0.15, 0.2) is 55.0 Å². The molecule has 6 heteroatoms. The summed E-state index contributed by atoms with van der Waals surface area (Å²) in [5.74, 6) is 2.10. The van der Waals surface area contributed by atoms with E-state index < -0.39 is 0 Å². The molecule has 0 atom stereocenters. The normalized spacial score (nSPS) is 13.4. The van der Waals surface area contributed by atoms with E-state index in [4.69, 9.17) is 15.5 Å². The lowest BCUT2D eigenvalue weighted by Gasteiger charge is -2.18. The van der Waals surface area contributed by atoms with Gasteiger partial charge in [0.2, 0.25) is 5.78 Å². The Kier molecular flexibility index (Phi) is 3.35. The first-order valence-corrected chi connectivity index (χ1v) is 8.61. The maximum atomic E-state index is 5.89. The summed E-state index contributed by atoms with van der Waals surface area (Å²) in [6, 6.07) is 12.0. The molecule has 0 bridgehead atoms. The van der Waals surface area contributed by atoms with Crippen LogP contribution < -0.4 is 10.5 Å². The molecule has 0 aliphatic carbocycles.